The molecule has 0 unspecified atom stereocenters. The van der Waals surface area contributed by atoms with Gasteiger partial charge in [0.15, 0.2) is 0 Å². The van der Waals surface area contributed by atoms with Crippen molar-refractivity contribution in [3.05, 3.63) is 26.6 Å². The highest BCUT2D eigenvalue weighted by atomic mass is 32.2. The second-order valence-corrected chi connectivity index (χ2v) is 7.01. The molecule has 0 aliphatic carbocycles. The number of hydrogen-bond acceptors (Lipinski definition) is 6. The average molecular weight is 341 g/mol. The molecule has 0 saturated heterocycles. The molecule has 2 rings (SSSR count). The highest BCUT2D eigenvalue weighted by molar-refractivity contribution is 7.98. The van der Waals surface area contributed by atoms with Crippen molar-refractivity contribution in [3.63, 3.8) is 0 Å². The van der Waals surface area contributed by atoms with E-state index in [2.05, 4.69) is 15.3 Å². The van der Waals surface area contributed by atoms with E-state index in [9.17, 15) is 14.7 Å². The van der Waals surface area contributed by atoms with E-state index in [0.717, 1.165) is 5.75 Å². The number of nitrogens with one attached hydrogen (secondary N) is 2. The maximum absolute atomic E-state index is 12.4. The number of aliphatic hydroxyl groups is 1. The number of nitrogens with zero attached hydrogens (tertiary/aromatic N) is 1. The molecule has 120 valence electrons. The molecule has 0 aliphatic heterocycles. The summed E-state index contributed by atoms with van der Waals surface area (Å²) in [5, 5.41) is 12.6. The Bertz CT molecular complexity index is 739. The van der Waals surface area contributed by atoms with Crippen LogP contribution in [-0.2, 0) is 0 Å². The van der Waals surface area contributed by atoms with E-state index in [1.807, 2.05) is 6.26 Å². The zero-order chi connectivity index (χ0) is 16.3. The van der Waals surface area contributed by atoms with E-state index in [1.165, 1.54) is 11.3 Å². The summed E-state index contributed by atoms with van der Waals surface area (Å²) in [6.45, 7) is 3.35. The third-order valence-electron chi connectivity index (χ3n) is 3.35. The van der Waals surface area contributed by atoms with E-state index in [4.69, 9.17) is 0 Å². The smallest absolute Gasteiger partial charge is 0.262 e. The fourth-order valence-corrected chi connectivity index (χ4v) is 3.84. The van der Waals surface area contributed by atoms with Crippen molar-refractivity contribution in [3.8, 4) is 0 Å². The monoisotopic (exact) mass is 341 g/mol. The Kier molecular flexibility index (Phi) is 5.60. The van der Waals surface area contributed by atoms with Crippen LogP contribution in [0.5, 0.6) is 0 Å². The second-order valence-electron chi connectivity index (χ2n) is 5.02. The van der Waals surface area contributed by atoms with Crippen molar-refractivity contribution in [2.45, 2.75) is 26.3 Å². The first-order valence-corrected chi connectivity index (χ1v) is 9.09. The lowest BCUT2D eigenvalue weighted by atomic mass is 10.2. The van der Waals surface area contributed by atoms with Gasteiger partial charge in [0.25, 0.3) is 11.5 Å². The number of aromatic amines is 1. The summed E-state index contributed by atoms with van der Waals surface area (Å²) in [6, 6.07) is -0.280. The number of rotatable bonds is 6. The van der Waals surface area contributed by atoms with Crippen LogP contribution in [0.3, 0.4) is 0 Å². The Morgan fingerprint density at radius 1 is 1.50 bits per heavy atom. The largest absolute Gasteiger partial charge is 0.394 e. The van der Waals surface area contributed by atoms with Crippen LogP contribution in [0.4, 0.5) is 0 Å². The summed E-state index contributed by atoms with van der Waals surface area (Å²) in [4.78, 5) is 32.4. The van der Waals surface area contributed by atoms with Crippen LogP contribution in [0.2, 0.25) is 0 Å². The molecular formula is C14H19N3O3S2. The Labute approximate surface area is 136 Å². The molecule has 0 saturated carbocycles. The second kappa shape index (κ2) is 7.26. The molecule has 3 N–H and O–H groups in total. The van der Waals surface area contributed by atoms with Gasteiger partial charge in [-0.15, -0.1) is 11.3 Å². The molecule has 0 aliphatic rings. The summed E-state index contributed by atoms with van der Waals surface area (Å²) in [5.41, 5.74) is 0.407. The van der Waals surface area contributed by atoms with Gasteiger partial charge < -0.3 is 15.4 Å². The number of fused-ring (bicyclic) bond motifs is 1. The molecule has 2 aromatic heterocycles. The summed E-state index contributed by atoms with van der Waals surface area (Å²) >= 11 is 2.87. The minimum Gasteiger partial charge on any atom is -0.394 e. The topological polar surface area (TPSA) is 95.1 Å². The van der Waals surface area contributed by atoms with Gasteiger partial charge in [0.2, 0.25) is 0 Å². The van der Waals surface area contributed by atoms with E-state index in [0.29, 0.717) is 32.9 Å². The van der Waals surface area contributed by atoms with Gasteiger partial charge in [-0.3, -0.25) is 9.59 Å². The van der Waals surface area contributed by atoms with Gasteiger partial charge in [0.1, 0.15) is 10.7 Å². The summed E-state index contributed by atoms with van der Waals surface area (Å²) in [7, 11) is 0. The zero-order valence-electron chi connectivity index (χ0n) is 12.7. The molecule has 2 aromatic rings. The number of thiophene rings is 1. The van der Waals surface area contributed by atoms with Crippen LogP contribution in [0.15, 0.2) is 4.79 Å². The van der Waals surface area contributed by atoms with Crippen molar-refractivity contribution < 1.29 is 9.90 Å². The van der Waals surface area contributed by atoms with E-state index < -0.39 is 0 Å². The molecule has 1 amide bonds. The number of H-pyrrole nitrogens is 1. The number of hydrogen-bond donors (Lipinski definition) is 3. The molecule has 8 heteroatoms. The molecule has 2 heterocycles. The average Bonchev–Trinajstić information content (AvgIpc) is 2.80. The fraction of sp³-hybridized carbons (Fsp3) is 0.500. The SMILES string of the molecule is CSCC[C@H](CO)NC(=O)c1sc2nc(C)[nH]c(=O)c2c1C. The zero-order valence-corrected chi connectivity index (χ0v) is 14.4. The number of amides is 1. The molecule has 0 bridgehead atoms. The molecular weight excluding hydrogens is 322 g/mol. The summed E-state index contributed by atoms with van der Waals surface area (Å²) < 4.78 is 0. The van der Waals surface area contributed by atoms with Crippen LogP contribution in [0.1, 0.15) is 27.5 Å². The molecule has 0 radical (unpaired) electrons. The number of aliphatic hydroxyl groups excluding tert-OH is 1. The van der Waals surface area contributed by atoms with Gasteiger partial charge >= 0.3 is 0 Å². The maximum atomic E-state index is 12.4. The van der Waals surface area contributed by atoms with Crippen molar-refractivity contribution in [1.82, 2.24) is 15.3 Å². The Morgan fingerprint density at radius 3 is 2.86 bits per heavy atom. The van der Waals surface area contributed by atoms with E-state index >= 15 is 0 Å². The quantitative estimate of drug-likeness (QED) is 0.739. The number of aryl methyl sites for hydroxylation is 2. The van der Waals surface area contributed by atoms with Crippen LogP contribution in [0.25, 0.3) is 10.2 Å². The molecule has 0 aromatic carbocycles. The number of carbonyl (C=O) groups excluding carboxylic acids is 1. The molecule has 6 nitrogen and oxygen atoms in total. The standard InChI is InChI=1S/C14H19N3O3S2/c1-7-10-12(19)15-8(2)16-14(10)22-11(7)13(20)17-9(6-18)4-5-21-3/h9,18H,4-6H2,1-3H3,(H,17,20)(H,15,16,19)/t9-/m1/s1. The Balaban J connectivity index is 2.30. The molecule has 22 heavy (non-hydrogen) atoms. The van der Waals surface area contributed by atoms with Crippen molar-refractivity contribution >= 4 is 39.2 Å². The molecule has 0 fully saturated rings. The minimum atomic E-state index is -0.280. The first-order valence-electron chi connectivity index (χ1n) is 6.88. The number of aromatic nitrogens is 2. The number of thioether (sulfide) groups is 1. The third kappa shape index (κ3) is 3.50. The summed E-state index contributed by atoms with van der Waals surface area (Å²) in [6.07, 6.45) is 2.68. The highest BCUT2D eigenvalue weighted by Crippen LogP contribution is 2.26. The maximum Gasteiger partial charge on any atom is 0.262 e. The van der Waals surface area contributed by atoms with E-state index in [1.54, 1.807) is 25.6 Å². The van der Waals surface area contributed by atoms with Crippen LogP contribution >= 0.6 is 23.1 Å². The lowest BCUT2D eigenvalue weighted by Crippen LogP contribution is -2.37. The predicted octanol–water partition coefficient (Wildman–Crippen LogP) is 1.45. The van der Waals surface area contributed by atoms with Gasteiger partial charge in [0.05, 0.1) is 22.9 Å². The normalized spacial score (nSPS) is 12.5. The molecule has 1 atom stereocenters. The lowest BCUT2D eigenvalue weighted by Gasteiger charge is -2.15. The van der Waals surface area contributed by atoms with Crippen molar-refractivity contribution in [2.75, 3.05) is 18.6 Å². The summed E-state index contributed by atoms with van der Waals surface area (Å²) in [5.74, 6) is 1.12. The Morgan fingerprint density at radius 2 is 2.23 bits per heavy atom. The fourth-order valence-electron chi connectivity index (χ4n) is 2.19. The van der Waals surface area contributed by atoms with Gasteiger partial charge in [-0.25, -0.2) is 4.98 Å². The number of carbonyl (C=O) groups is 1. The van der Waals surface area contributed by atoms with Crippen molar-refractivity contribution in [2.24, 2.45) is 0 Å². The highest BCUT2D eigenvalue weighted by Gasteiger charge is 2.20. The van der Waals surface area contributed by atoms with Gasteiger partial charge in [0, 0.05) is 0 Å². The lowest BCUT2D eigenvalue weighted by molar-refractivity contribution is 0.0919. The van der Waals surface area contributed by atoms with E-state index in [-0.39, 0.29) is 24.1 Å². The van der Waals surface area contributed by atoms with Crippen molar-refractivity contribution in [1.29, 1.82) is 0 Å². The van der Waals surface area contributed by atoms with Crippen LogP contribution < -0.4 is 10.9 Å². The third-order valence-corrected chi connectivity index (χ3v) is 5.18. The minimum absolute atomic E-state index is 0.103. The first-order chi connectivity index (χ1) is 10.5. The van der Waals surface area contributed by atoms with Crippen LogP contribution in [0, 0.1) is 13.8 Å². The van der Waals surface area contributed by atoms with Crippen LogP contribution in [-0.4, -0.2) is 45.6 Å². The van der Waals surface area contributed by atoms with Gasteiger partial charge in [-0.1, -0.05) is 0 Å². The van der Waals surface area contributed by atoms with Gasteiger partial charge in [-0.05, 0) is 37.8 Å². The molecule has 0 spiro atoms. The predicted molar refractivity (Wildman–Crippen MR) is 91.1 cm³/mol. The van der Waals surface area contributed by atoms with Gasteiger partial charge in [-0.2, -0.15) is 11.8 Å². The Hall–Kier alpha value is -1.38. The first kappa shape index (κ1) is 17.0.